The summed E-state index contributed by atoms with van der Waals surface area (Å²) in [5.41, 5.74) is 8.45. The Bertz CT molecular complexity index is 468. The third-order valence-electron chi connectivity index (χ3n) is 4.22. The summed E-state index contributed by atoms with van der Waals surface area (Å²) in [6.07, 6.45) is 1.08. The van der Waals surface area contributed by atoms with E-state index in [1.165, 1.54) is 0 Å². The zero-order chi connectivity index (χ0) is 14.2. The maximum Gasteiger partial charge on any atom is 0.256 e. The maximum absolute atomic E-state index is 12.6. The fourth-order valence-corrected chi connectivity index (χ4v) is 2.79. The maximum atomic E-state index is 12.6. The summed E-state index contributed by atoms with van der Waals surface area (Å²) in [4.78, 5) is 14.6. The lowest BCUT2D eigenvalue weighted by Gasteiger charge is -2.27. The largest absolute Gasteiger partial charge is 0.398 e. The van der Waals surface area contributed by atoms with Crippen LogP contribution in [-0.2, 0) is 0 Å². The molecule has 0 spiro atoms. The number of hydrogen-bond acceptors (Lipinski definition) is 2. The summed E-state index contributed by atoms with van der Waals surface area (Å²) < 4.78 is 0. The Morgan fingerprint density at radius 3 is 2.58 bits per heavy atom. The van der Waals surface area contributed by atoms with Crippen LogP contribution in [0.4, 0.5) is 5.69 Å². The number of rotatable bonds is 1. The van der Waals surface area contributed by atoms with E-state index < -0.39 is 0 Å². The van der Waals surface area contributed by atoms with Crippen LogP contribution in [0.3, 0.4) is 0 Å². The second-order valence-corrected chi connectivity index (χ2v) is 6.64. The van der Waals surface area contributed by atoms with Gasteiger partial charge in [0.2, 0.25) is 0 Å². The topological polar surface area (TPSA) is 46.3 Å². The van der Waals surface area contributed by atoms with Crippen molar-refractivity contribution in [2.45, 2.75) is 34.1 Å². The molecule has 1 aromatic carbocycles. The SMILES string of the molecule is Cc1cccc(N)c1C(=O)N1CCC(C(C)(C)C)C1. The van der Waals surface area contributed by atoms with E-state index >= 15 is 0 Å². The number of amides is 1. The van der Waals surface area contributed by atoms with Gasteiger partial charge in [-0.05, 0) is 36.3 Å². The molecule has 1 fully saturated rings. The first kappa shape index (κ1) is 13.9. The Balaban J connectivity index is 2.19. The Morgan fingerprint density at radius 1 is 1.37 bits per heavy atom. The third-order valence-corrected chi connectivity index (χ3v) is 4.22. The van der Waals surface area contributed by atoms with E-state index in [1.807, 2.05) is 24.0 Å². The van der Waals surface area contributed by atoms with Crippen LogP contribution in [0.5, 0.6) is 0 Å². The van der Waals surface area contributed by atoms with Gasteiger partial charge in [-0.25, -0.2) is 0 Å². The molecule has 1 aromatic rings. The number of anilines is 1. The highest BCUT2D eigenvalue weighted by atomic mass is 16.2. The number of aryl methyl sites for hydroxylation is 1. The van der Waals surface area contributed by atoms with Crippen LogP contribution in [-0.4, -0.2) is 23.9 Å². The van der Waals surface area contributed by atoms with Gasteiger partial charge in [-0.15, -0.1) is 0 Å². The second kappa shape index (κ2) is 4.87. The summed E-state index contributed by atoms with van der Waals surface area (Å²) in [7, 11) is 0. The van der Waals surface area contributed by atoms with Gasteiger partial charge in [0, 0.05) is 18.8 Å². The van der Waals surface area contributed by atoms with Gasteiger partial charge in [-0.1, -0.05) is 32.9 Å². The van der Waals surface area contributed by atoms with E-state index in [4.69, 9.17) is 5.73 Å². The molecule has 2 N–H and O–H groups in total. The minimum atomic E-state index is 0.0855. The first-order valence-corrected chi connectivity index (χ1v) is 6.95. The van der Waals surface area contributed by atoms with Crippen LogP contribution < -0.4 is 5.73 Å². The first-order valence-electron chi connectivity index (χ1n) is 6.95. The van der Waals surface area contributed by atoms with Crippen molar-refractivity contribution in [3.05, 3.63) is 29.3 Å². The molecule has 2 rings (SSSR count). The fraction of sp³-hybridized carbons (Fsp3) is 0.562. The lowest BCUT2D eigenvalue weighted by atomic mass is 9.80. The molecule has 0 aromatic heterocycles. The van der Waals surface area contributed by atoms with Crippen LogP contribution >= 0.6 is 0 Å². The number of carbonyl (C=O) groups is 1. The van der Waals surface area contributed by atoms with Crippen LogP contribution in [0.2, 0.25) is 0 Å². The average Bonchev–Trinajstić information content (AvgIpc) is 2.77. The van der Waals surface area contributed by atoms with E-state index in [0.29, 0.717) is 17.2 Å². The minimum absolute atomic E-state index is 0.0855. The zero-order valence-electron chi connectivity index (χ0n) is 12.4. The average molecular weight is 260 g/mol. The number of carbonyl (C=O) groups excluding carboxylic acids is 1. The normalized spacial score (nSPS) is 19.8. The molecule has 3 heteroatoms. The highest BCUT2D eigenvalue weighted by molar-refractivity contribution is 6.00. The summed E-state index contributed by atoms with van der Waals surface area (Å²) in [6, 6.07) is 5.64. The molecular weight excluding hydrogens is 236 g/mol. The van der Waals surface area contributed by atoms with Crippen molar-refractivity contribution in [3.8, 4) is 0 Å². The number of nitrogens with zero attached hydrogens (tertiary/aromatic N) is 1. The predicted molar refractivity (Wildman–Crippen MR) is 79.1 cm³/mol. The highest BCUT2D eigenvalue weighted by Crippen LogP contribution is 2.34. The molecule has 19 heavy (non-hydrogen) atoms. The van der Waals surface area contributed by atoms with E-state index in [2.05, 4.69) is 20.8 Å². The van der Waals surface area contributed by atoms with Crippen molar-refractivity contribution in [3.63, 3.8) is 0 Å². The Morgan fingerprint density at radius 2 is 2.05 bits per heavy atom. The first-order chi connectivity index (χ1) is 8.80. The lowest BCUT2D eigenvalue weighted by Crippen LogP contribution is -2.32. The molecule has 1 saturated heterocycles. The van der Waals surface area contributed by atoms with Crippen LogP contribution in [0.25, 0.3) is 0 Å². The van der Waals surface area contributed by atoms with Crippen LogP contribution in [0.15, 0.2) is 18.2 Å². The van der Waals surface area contributed by atoms with Gasteiger partial charge in [0.05, 0.1) is 5.56 Å². The molecule has 104 valence electrons. The van der Waals surface area contributed by atoms with Crippen LogP contribution in [0.1, 0.15) is 43.1 Å². The number of nitrogen functional groups attached to an aromatic ring is 1. The minimum Gasteiger partial charge on any atom is -0.398 e. The van der Waals surface area contributed by atoms with Crippen molar-refractivity contribution in [1.82, 2.24) is 4.90 Å². The molecule has 1 unspecified atom stereocenters. The molecule has 0 bridgehead atoms. The van der Waals surface area contributed by atoms with E-state index in [-0.39, 0.29) is 11.3 Å². The molecule has 3 nitrogen and oxygen atoms in total. The monoisotopic (exact) mass is 260 g/mol. The Kier molecular flexibility index (Phi) is 3.57. The van der Waals surface area contributed by atoms with Crippen molar-refractivity contribution in [2.24, 2.45) is 11.3 Å². The number of likely N-dealkylation sites (tertiary alicyclic amines) is 1. The van der Waals surface area contributed by atoms with E-state index in [1.54, 1.807) is 6.07 Å². The number of hydrogen-bond donors (Lipinski definition) is 1. The molecule has 1 aliphatic rings. The van der Waals surface area contributed by atoms with Gasteiger partial charge >= 0.3 is 0 Å². The number of benzene rings is 1. The van der Waals surface area contributed by atoms with Gasteiger partial charge in [-0.2, -0.15) is 0 Å². The molecule has 0 saturated carbocycles. The van der Waals surface area contributed by atoms with E-state index in [9.17, 15) is 4.79 Å². The van der Waals surface area contributed by atoms with Gasteiger partial charge < -0.3 is 10.6 Å². The summed E-state index contributed by atoms with van der Waals surface area (Å²) in [5, 5.41) is 0. The molecule has 0 aliphatic carbocycles. The van der Waals surface area contributed by atoms with Crippen LogP contribution in [0, 0.1) is 18.3 Å². The van der Waals surface area contributed by atoms with E-state index in [0.717, 1.165) is 25.1 Å². The van der Waals surface area contributed by atoms with Gasteiger partial charge in [0.15, 0.2) is 0 Å². The van der Waals surface area contributed by atoms with Gasteiger partial charge in [0.25, 0.3) is 5.91 Å². The predicted octanol–water partition coefficient (Wildman–Crippen LogP) is 3.09. The van der Waals surface area contributed by atoms with Gasteiger partial charge in [0.1, 0.15) is 0 Å². The van der Waals surface area contributed by atoms with Crippen molar-refractivity contribution in [1.29, 1.82) is 0 Å². The Labute approximate surface area is 115 Å². The molecule has 0 radical (unpaired) electrons. The standard InChI is InChI=1S/C16H24N2O/c1-11-6-5-7-13(17)14(11)15(19)18-9-8-12(10-18)16(2,3)4/h5-7,12H,8-10,17H2,1-4H3. The van der Waals surface area contributed by atoms with Gasteiger partial charge in [-0.3, -0.25) is 4.79 Å². The fourth-order valence-electron chi connectivity index (χ4n) is 2.79. The summed E-state index contributed by atoms with van der Waals surface area (Å²) in [6.45, 7) is 10.4. The second-order valence-electron chi connectivity index (χ2n) is 6.64. The molecule has 1 amide bonds. The summed E-state index contributed by atoms with van der Waals surface area (Å²) in [5.74, 6) is 0.657. The quantitative estimate of drug-likeness (QED) is 0.789. The Hall–Kier alpha value is -1.51. The zero-order valence-corrected chi connectivity index (χ0v) is 12.4. The highest BCUT2D eigenvalue weighted by Gasteiger charge is 2.34. The van der Waals surface area contributed by atoms with Crippen molar-refractivity contribution in [2.75, 3.05) is 18.8 Å². The molecular formula is C16H24N2O. The summed E-state index contributed by atoms with van der Waals surface area (Å²) >= 11 is 0. The molecule has 1 aliphatic heterocycles. The van der Waals surface area contributed by atoms with Crippen molar-refractivity contribution >= 4 is 11.6 Å². The third kappa shape index (κ3) is 2.75. The number of nitrogens with two attached hydrogens (primary N) is 1. The lowest BCUT2D eigenvalue weighted by molar-refractivity contribution is 0.0777. The van der Waals surface area contributed by atoms with Crippen molar-refractivity contribution < 1.29 is 4.79 Å². The molecule has 1 heterocycles. The smallest absolute Gasteiger partial charge is 0.256 e. The molecule has 1 atom stereocenters.